The first kappa shape index (κ1) is 31.7. The molecule has 0 spiro atoms. The molecule has 1 aromatic heterocycles. The Hall–Kier alpha value is -4.88. The third kappa shape index (κ3) is 5.88. The zero-order valence-corrected chi connectivity index (χ0v) is 27.7. The number of imide groups is 1. The first-order chi connectivity index (χ1) is 23.2. The van der Waals surface area contributed by atoms with Gasteiger partial charge in [0.05, 0.1) is 19.8 Å². The number of aromatic nitrogens is 1. The Kier molecular flexibility index (Phi) is 8.56. The average molecular weight is 649 g/mol. The summed E-state index contributed by atoms with van der Waals surface area (Å²) in [7, 11) is 5.19. The van der Waals surface area contributed by atoms with Crippen LogP contribution in [0.4, 0.5) is 0 Å². The fourth-order valence-electron chi connectivity index (χ4n) is 7.64. The van der Waals surface area contributed by atoms with Gasteiger partial charge in [0.2, 0.25) is 11.8 Å². The summed E-state index contributed by atoms with van der Waals surface area (Å²) in [6.45, 7) is 2.81. The minimum atomic E-state index is -0.624. The lowest BCUT2D eigenvalue weighted by Gasteiger charge is -2.30. The maximum absolute atomic E-state index is 13.2. The molecule has 0 bridgehead atoms. The zero-order chi connectivity index (χ0) is 33.5. The van der Waals surface area contributed by atoms with Crippen LogP contribution in [0.3, 0.4) is 0 Å². The van der Waals surface area contributed by atoms with Crippen molar-refractivity contribution in [2.75, 3.05) is 27.3 Å². The summed E-state index contributed by atoms with van der Waals surface area (Å²) < 4.78 is 13.5. The third-order valence-corrected chi connectivity index (χ3v) is 10.3. The fourth-order valence-corrected chi connectivity index (χ4v) is 7.64. The standard InChI is InChI=1S/C38H40N4O6/c1-40-21-30(27-5-4-6-28(27)37(40)45)26-18-33(47-2)31(34(19-26)48-3)22-41-15-13-23(14-16-41)7-8-24-9-10-25-20-42(38(46)29(25)17-24)32-11-12-35(43)39-36(32)44/h9-10,17-19,21,23,32H,4-6,11-16,20,22H2,1-3H3,(H,39,43,44). The van der Waals surface area contributed by atoms with Crippen molar-refractivity contribution in [3.8, 4) is 34.5 Å². The number of pyridine rings is 1. The number of carbonyl (C=O) groups excluding carboxylic acids is 3. The van der Waals surface area contributed by atoms with E-state index in [4.69, 9.17) is 9.47 Å². The van der Waals surface area contributed by atoms with Crippen LogP contribution in [0.15, 0.2) is 41.3 Å². The molecule has 2 saturated heterocycles. The van der Waals surface area contributed by atoms with Gasteiger partial charge < -0.3 is 18.9 Å². The number of piperidine rings is 2. The van der Waals surface area contributed by atoms with E-state index in [1.54, 1.807) is 23.7 Å². The molecule has 10 nitrogen and oxygen atoms in total. The largest absolute Gasteiger partial charge is 0.496 e. The van der Waals surface area contributed by atoms with E-state index in [1.807, 2.05) is 31.4 Å². The van der Waals surface area contributed by atoms with Gasteiger partial charge in [-0.15, -0.1) is 0 Å². The van der Waals surface area contributed by atoms with Crippen molar-refractivity contribution in [1.82, 2.24) is 19.7 Å². The second-order valence-corrected chi connectivity index (χ2v) is 13.2. The molecule has 2 fully saturated rings. The minimum Gasteiger partial charge on any atom is -0.496 e. The number of rotatable bonds is 6. The Balaban J connectivity index is 1.01. The molecule has 248 valence electrons. The molecule has 2 aromatic carbocycles. The number of nitrogens with one attached hydrogen (secondary N) is 1. The van der Waals surface area contributed by atoms with E-state index >= 15 is 0 Å². The lowest BCUT2D eigenvalue weighted by atomic mass is 9.95. The highest BCUT2D eigenvalue weighted by Gasteiger charge is 2.39. The first-order valence-electron chi connectivity index (χ1n) is 16.7. The SMILES string of the molecule is COc1cc(-c2cn(C)c(=O)c3c2CCC3)cc(OC)c1CN1CCC(C#Cc2ccc3c(c2)C(=O)N(C2CCC(=O)NC2=O)C3)CC1. The molecule has 0 radical (unpaired) electrons. The zero-order valence-electron chi connectivity index (χ0n) is 27.7. The topological polar surface area (TPSA) is 110 Å². The smallest absolute Gasteiger partial charge is 0.255 e. The molecule has 3 aromatic rings. The average Bonchev–Trinajstić information content (AvgIpc) is 3.71. The fraction of sp³-hybridized carbons (Fsp3) is 0.421. The molecule has 4 aliphatic rings. The van der Waals surface area contributed by atoms with Crippen LogP contribution >= 0.6 is 0 Å². The molecule has 1 aliphatic carbocycles. The summed E-state index contributed by atoms with van der Waals surface area (Å²) in [4.78, 5) is 53.8. The van der Waals surface area contributed by atoms with E-state index in [9.17, 15) is 19.2 Å². The molecule has 48 heavy (non-hydrogen) atoms. The summed E-state index contributed by atoms with van der Waals surface area (Å²) in [5.74, 6) is 7.63. The van der Waals surface area contributed by atoms with Crippen molar-refractivity contribution in [3.63, 3.8) is 0 Å². The quantitative estimate of drug-likeness (QED) is 0.322. The number of nitrogens with zero attached hydrogens (tertiary/aromatic N) is 3. The second-order valence-electron chi connectivity index (χ2n) is 13.2. The normalized spacial score (nSPS) is 19.4. The maximum atomic E-state index is 13.2. The van der Waals surface area contributed by atoms with Gasteiger partial charge in [-0.25, -0.2) is 0 Å². The Morgan fingerprint density at radius 1 is 0.896 bits per heavy atom. The number of carbonyl (C=O) groups is 3. The number of methoxy groups -OCH3 is 2. The molecule has 4 heterocycles. The first-order valence-corrected chi connectivity index (χ1v) is 16.7. The van der Waals surface area contributed by atoms with E-state index in [2.05, 4.69) is 34.2 Å². The van der Waals surface area contributed by atoms with Crippen LogP contribution in [0.25, 0.3) is 11.1 Å². The number of likely N-dealkylation sites (tertiary alicyclic amines) is 1. The van der Waals surface area contributed by atoms with Crippen LogP contribution in [-0.4, -0.2) is 65.4 Å². The molecule has 3 aliphatic heterocycles. The highest BCUT2D eigenvalue weighted by molar-refractivity contribution is 6.05. The van der Waals surface area contributed by atoms with Gasteiger partial charge in [-0.05, 0) is 92.6 Å². The Bertz CT molecular complexity index is 1920. The van der Waals surface area contributed by atoms with Crippen molar-refractivity contribution < 1.29 is 23.9 Å². The number of aryl methyl sites for hydroxylation is 1. The predicted octanol–water partition coefficient (Wildman–Crippen LogP) is 3.58. The van der Waals surface area contributed by atoms with Crippen LogP contribution in [-0.2, 0) is 42.6 Å². The van der Waals surface area contributed by atoms with Gasteiger partial charge in [0.25, 0.3) is 11.5 Å². The minimum absolute atomic E-state index is 0.0932. The number of hydrogen-bond acceptors (Lipinski definition) is 7. The van der Waals surface area contributed by atoms with Gasteiger partial charge in [0.1, 0.15) is 17.5 Å². The number of fused-ring (bicyclic) bond motifs is 2. The van der Waals surface area contributed by atoms with Crippen LogP contribution in [0.5, 0.6) is 11.5 Å². The van der Waals surface area contributed by atoms with E-state index < -0.39 is 11.9 Å². The number of amides is 3. The summed E-state index contributed by atoms with van der Waals surface area (Å²) in [6.07, 6.45) is 7.08. The van der Waals surface area contributed by atoms with E-state index in [0.29, 0.717) is 25.1 Å². The van der Waals surface area contributed by atoms with Crippen LogP contribution in [0.1, 0.15) is 70.3 Å². The summed E-state index contributed by atoms with van der Waals surface area (Å²) in [5, 5.41) is 2.35. The highest BCUT2D eigenvalue weighted by atomic mass is 16.5. The predicted molar refractivity (Wildman–Crippen MR) is 180 cm³/mol. The molecule has 1 unspecified atom stereocenters. The third-order valence-electron chi connectivity index (χ3n) is 10.3. The summed E-state index contributed by atoms with van der Waals surface area (Å²) in [6, 6.07) is 9.20. The highest BCUT2D eigenvalue weighted by Crippen LogP contribution is 2.39. The van der Waals surface area contributed by atoms with Gasteiger partial charge in [0.15, 0.2) is 0 Å². The molecular formula is C38H40N4O6. The van der Waals surface area contributed by atoms with Crippen molar-refractivity contribution in [3.05, 3.63) is 80.3 Å². The van der Waals surface area contributed by atoms with Crippen LogP contribution in [0, 0.1) is 17.8 Å². The summed E-state index contributed by atoms with van der Waals surface area (Å²) in [5.41, 5.74) is 7.45. The van der Waals surface area contributed by atoms with Crippen LogP contribution in [0.2, 0.25) is 0 Å². The monoisotopic (exact) mass is 648 g/mol. The molecule has 1 N–H and O–H groups in total. The maximum Gasteiger partial charge on any atom is 0.255 e. The molecular weight excluding hydrogens is 608 g/mol. The Labute approximate surface area is 280 Å². The number of hydrogen-bond donors (Lipinski definition) is 1. The van der Waals surface area contributed by atoms with E-state index in [0.717, 1.165) is 95.6 Å². The molecule has 1 atom stereocenters. The molecule has 7 rings (SSSR count). The van der Waals surface area contributed by atoms with Crippen LogP contribution < -0.4 is 20.3 Å². The van der Waals surface area contributed by atoms with Crippen molar-refractivity contribution in [2.45, 2.75) is 64.1 Å². The Morgan fingerprint density at radius 2 is 1.62 bits per heavy atom. The van der Waals surface area contributed by atoms with Gasteiger partial charge in [-0.2, -0.15) is 0 Å². The second kappa shape index (κ2) is 13.0. The van der Waals surface area contributed by atoms with E-state index in [-0.39, 0.29) is 29.7 Å². The number of ether oxygens (including phenoxy) is 2. The summed E-state index contributed by atoms with van der Waals surface area (Å²) >= 11 is 0. The van der Waals surface area contributed by atoms with Gasteiger partial charge in [-0.3, -0.25) is 29.4 Å². The Morgan fingerprint density at radius 3 is 2.33 bits per heavy atom. The van der Waals surface area contributed by atoms with Gasteiger partial charge in [0, 0.05) is 60.9 Å². The van der Waals surface area contributed by atoms with E-state index in [1.165, 1.54) is 0 Å². The van der Waals surface area contributed by atoms with Gasteiger partial charge in [-0.1, -0.05) is 17.9 Å². The molecule has 3 amide bonds. The lowest BCUT2D eigenvalue weighted by Crippen LogP contribution is -2.52. The van der Waals surface area contributed by atoms with Gasteiger partial charge >= 0.3 is 0 Å². The van der Waals surface area contributed by atoms with Crippen molar-refractivity contribution in [2.24, 2.45) is 13.0 Å². The number of benzene rings is 2. The molecule has 10 heteroatoms. The molecule has 0 saturated carbocycles. The van der Waals surface area contributed by atoms with Crippen molar-refractivity contribution >= 4 is 17.7 Å². The lowest BCUT2D eigenvalue weighted by molar-refractivity contribution is -0.136. The van der Waals surface area contributed by atoms with Crippen molar-refractivity contribution in [1.29, 1.82) is 0 Å².